The van der Waals surface area contributed by atoms with Crippen LogP contribution in [0.4, 0.5) is 26.3 Å². The Morgan fingerprint density at radius 1 is 0.614 bits per heavy atom. The predicted molar refractivity (Wildman–Crippen MR) is 150 cm³/mol. The second kappa shape index (κ2) is 10.4. The summed E-state index contributed by atoms with van der Waals surface area (Å²) in [6.45, 7) is 15.6. The van der Waals surface area contributed by atoms with Gasteiger partial charge in [-0.1, -0.05) is 56.7 Å². The Balaban J connectivity index is 1.51. The maximum atomic E-state index is 13.9. The lowest BCUT2D eigenvalue weighted by Gasteiger charge is -2.26. The summed E-state index contributed by atoms with van der Waals surface area (Å²) in [5.41, 5.74) is -3.51. The maximum Gasteiger partial charge on any atom is 0.416 e. The van der Waals surface area contributed by atoms with Gasteiger partial charge in [0.1, 0.15) is 46.1 Å². The van der Waals surface area contributed by atoms with Crippen LogP contribution in [0.1, 0.15) is 11.1 Å². The third kappa shape index (κ3) is 5.14. The van der Waals surface area contributed by atoms with Gasteiger partial charge in [0.15, 0.2) is 0 Å². The number of hydrogen-bond donors (Lipinski definition) is 0. The van der Waals surface area contributed by atoms with Gasteiger partial charge >= 0.3 is 12.4 Å². The molecule has 2 aliphatic heterocycles. The number of allylic oxidation sites excluding steroid dienone is 6. The molecule has 2 heterocycles. The molecule has 44 heavy (non-hydrogen) atoms. The van der Waals surface area contributed by atoms with Gasteiger partial charge in [0.2, 0.25) is 0 Å². The highest BCUT2D eigenvalue weighted by Gasteiger charge is 2.42. The number of hydrogen-bond acceptors (Lipinski definition) is 4. The molecule has 10 heteroatoms. The smallest absolute Gasteiger partial charge is 0.416 e. The van der Waals surface area contributed by atoms with Crippen molar-refractivity contribution < 1.29 is 45.3 Å². The molecule has 2 saturated heterocycles. The average molecular weight is 611 g/mol. The Morgan fingerprint density at radius 2 is 1.05 bits per heavy atom. The summed E-state index contributed by atoms with van der Waals surface area (Å²) >= 11 is 0. The summed E-state index contributed by atoms with van der Waals surface area (Å²) in [6, 6.07) is 5.75. The molecule has 6 rings (SSSR count). The summed E-state index contributed by atoms with van der Waals surface area (Å²) in [5, 5.41) is 0. The molecule has 2 fully saturated rings. The molecule has 4 aliphatic rings. The molecule has 2 aromatic rings. The monoisotopic (exact) mass is 610 g/mol. The highest BCUT2D eigenvalue weighted by Crippen LogP contribution is 2.50. The second-order valence-electron chi connectivity index (χ2n) is 10.6. The number of halogens is 6. The molecular formula is C34H24F6O4. The van der Waals surface area contributed by atoms with Gasteiger partial charge in [0, 0.05) is 0 Å². The van der Waals surface area contributed by atoms with Crippen LogP contribution in [0.3, 0.4) is 0 Å². The van der Waals surface area contributed by atoms with E-state index in [1.807, 2.05) is 12.2 Å². The third-order valence-electron chi connectivity index (χ3n) is 7.77. The van der Waals surface area contributed by atoms with Gasteiger partial charge in [-0.3, -0.25) is 0 Å². The van der Waals surface area contributed by atoms with Crippen molar-refractivity contribution in [2.45, 2.75) is 12.4 Å². The van der Waals surface area contributed by atoms with E-state index in [0.29, 0.717) is 46.7 Å². The van der Waals surface area contributed by atoms with Crippen molar-refractivity contribution in [1.29, 1.82) is 0 Å². The molecular weight excluding hydrogens is 586 g/mol. The first-order valence-corrected chi connectivity index (χ1v) is 13.4. The summed E-state index contributed by atoms with van der Waals surface area (Å²) in [6.07, 6.45) is 0.196. The zero-order chi connectivity index (χ0) is 31.6. The lowest BCUT2D eigenvalue weighted by molar-refractivity contribution is -0.143. The summed E-state index contributed by atoms with van der Waals surface area (Å²) in [7, 11) is 0. The minimum absolute atomic E-state index is 0.0463. The predicted octanol–water partition coefficient (Wildman–Crippen LogP) is 9.64. The number of fused-ring (bicyclic) bond motifs is 2. The topological polar surface area (TPSA) is 36.9 Å². The van der Waals surface area contributed by atoms with Gasteiger partial charge in [0.05, 0.1) is 40.4 Å². The van der Waals surface area contributed by atoms with Crippen LogP contribution in [0.2, 0.25) is 0 Å². The fourth-order valence-electron chi connectivity index (χ4n) is 5.74. The molecule has 2 aliphatic carbocycles. The largest absolute Gasteiger partial charge is 0.466 e. The minimum Gasteiger partial charge on any atom is -0.466 e. The second-order valence-corrected chi connectivity index (χ2v) is 10.6. The van der Waals surface area contributed by atoms with E-state index in [0.717, 1.165) is 0 Å². The zero-order valence-electron chi connectivity index (χ0n) is 23.0. The van der Waals surface area contributed by atoms with E-state index in [2.05, 4.69) is 26.3 Å². The fourth-order valence-corrected chi connectivity index (χ4v) is 5.74. The molecule has 0 spiro atoms. The summed E-state index contributed by atoms with van der Waals surface area (Å²) in [5.74, 6) is 0.453. The standard InChI is InChI=1S/C34H24F6O4/c1-17-24-8-5-10-26(30(24)19(3)41-17)43-28-12-7-13-29(44-27-11-6-9-25-18(2)42-20(4)31(25)27)32(28)21-14-22(33(35,36)37)16-23(15-21)34(38,39)40/h5-16,24-25,30-31H,1-4H2. The quantitative estimate of drug-likeness (QED) is 0.316. The van der Waals surface area contributed by atoms with Crippen LogP contribution in [0.5, 0.6) is 11.5 Å². The number of rotatable bonds is 5. The number of ether oxygens (including phenoxy) is 4. The van der Waals surface area contributed by atoms with Crippen LogP contribution in [0, 0.1) is 23.7 Å². The first-order valence-electron chi connectivity index (χ1n) is 13.4. The average Bonchev–Trinajstić information content (AvgIpc) is 3.42. The highest BCUT2D eigenvalue weighted by molar-refractivity contribution is 5.78. The summed E-state index contributed by atoms with van der Waals surface area (Å²) in [4.78, 5) is 0. The number of benzene rings is 2. The van der Waals surface area contributed by atoms with Crippen molar-refractivity contribution in [3.8, 4) is 22.6 Å². The third-order valence-corrected chi connectivity index (χ3v) is 7.77. The van der Waals surface area contributed by atoms with E-state index in [1.165, 1.54) is 18.2 Å². The first-order chi connectivity index (χ1) is 20.7. The van der Waals surface area contributed by atoms with Crippen LogP contribution in [-0.2, 0) is 21.8 Å². The zero-order valence-corrected chi connectivity index (χ0v) is 23.0. The molecule has 0 saturated carbocycles. The molecule has 4 nitrogen and oxygen atoms in total. The molecule has 2 aromatic carbocycles. The lowest BCUT2D eigenvalue weighted by atomic mass is 9.86. The van der Waals surface area contributed by atoms with Gasteiger partial charge in [-0.15, -0.1) is 0 Å². The van der Waals surface area contributed by atoms with Gasteiger partial charge in [0.25, 0.3) is 0 Å². The van der Waals surface area contributed by atoms with Crippen LogP contribution in [0.25, 0.3) is 11.1 Å². The molecule has 0 N–H and O–H groups in total. The first kappa shape index (κ1) is 29.2. The fraction of sp³-hybridized carbons (Fsp3) is 0.176. The molecule has 4 unspecified atom stereocenters. The van der Waals surface area contributed by atoms with Gasteiger partial charge < -0.3 is 18.9 Å². The van der Waals surface area contributed by atoms with Crippen LogP contribution < -0.4 is 9.47 Å². The molecule has 0 bridgehead atoms. The SMILES string of the molecule is C=C1OC(=C)C2C(Oc3cccc(OC4=CC=CC5C(=C)OC(=C)C45)c3-c3cc(C(F)(F)F)cc(C(F)(F)F)c3)=CC=CC12. The Morgan fingerprint density at radius 3 is 1.45 bits per heavy atom. The molecule has 0 radical (unpaired) electrons. The van der Waals surface area contributed by atoms with Crippen molar-refractivity contribution in [2.75, 3.05) is 0 Å². The van der Waals surface area contributed by atoms with E-state index in [9.17, 15) is 26.3 Å². The van der Waals surface area contributed by atoms with Crippen LogP contribution in [-0.4, -0.2) is 0 Å². The molecule has 4 atom stereocenters. The van der Waals surface area contributed by atoms with Crippen molar-refractivity contribution in [3.05, 3.63) is 145 Å². The molecule has 0 aromatic heterocycles. The van der Waals surface area contributed by atoms with E-state index >= 15 is 0 Å². The minimum atomic E-state index is -5.07. The Labute approximate surface area is 248 Å². The van der Waals surface area contributed by atoms with Gasteiger partial charge in [-0.25, -0.2) is 0 Å². The van der Waals surface area contributed by atoms with Crippen LogP contribution in [0.15, 0.2) is 134 Å². The Bertz CT molecular complexity index is 1620. The maximum absolute atomic E-state index is 13.9. The Kier molecular flexibility index (Phi) is 6.90. The van der Waals surface area contributed by atoms with Gasteiger partial charge in [-0.2, -0.15) is 26.3 Å². The van der Waals surface area contributed by atoms with E-state index in [4.69, 9.17) is 18.9 Å². The van der Waals surface area contributed by atoms with E-state index in [1.54, 1.807) is 24.3 Å². The Hall–Kier alpha value is -4.86. The lowest BCUT2D eigenvalue weighted by Crippen LogP contribution is -2.19. The van der Waals surface area contributed by atoms with Crippen molar-refractivity contribution >= 4 is 0 Å². The van der Waals surface area contributed by atoms with Gasteiger partial charge in [-0.05, 0) is 48.0 Å². The number of alkyl halides is 6. The normalized spacial score (nSPS) is 24.3. The van der Waals surface area contributed by atoms with E-state index in [-0.39, 0.29) is 35.0 Å². The highest BCUT2D eigenvalue weighted by atomic mass is 19.4. The molecule has 0 amide bonds. The molecule has 226 valence electrons. The van der Waals surface area contributed by atoms with Crippen molar-refractivity contribution in [3.63, 3.8) is 0 Å². The van der Waals surface area contributed by atoms with Crippen molar-refractivity contribution in [2.24, 2.45) is 23.7 Å². The van der Waals surface area contributed by atoms with Crippen LogP contribution >= 0.6 is 0 Å². The summed E-state index contributed by atoms with van der Waals surface area (Å²) < 4.78 is 107. The van der Waals surface area contributed by atoms with E-state index < -0.39 is 40.9 Å². The van der Waals surface area contributed by atoms with Crippen molar-refractivity contribution in [1.82, 2.24) is 0 Å².